The minimum Gasteiger partial charge on any atom is -0.347 e. The van der Waals surface area contributed by atoms with E-state index in [-0.39, 0.29) is 5.79 Å². The van der Waals surface area contributed by atoms with E-state index in [1.165, 1.54) is 25.7 Å². The minimum absolute atomic E-state index is 0.174. The standard InChI is InChI=1S/C12H22O2/c1-3-10(2)11-9-13-12(14-11)7-5-4-6-8-12/h10-11H,3-9H2,1-2H3. The van der Waals surface area contributed by atoms with Crippen molar-refractivity contribution in [3.63, 3.8) is 0 Å². The molecule has 2 unspecified atom stereocenters. The molecule has 2 nitrogen and oxygen atoms in total. The Morgan fingerprint density at radius 3 is 2.64 bits per heavy atom. The number of hydrogen-bond acceptors (Lipinski definition) is 2. The fourth-order valence-corrected chi connectivity index (χ4v) is 2.47. The van der Waals surface area contributed by atoms with E-state index in [2.05, 4.69) is 13.8 Å². The van der Waals surface area contributed by atoms with Crippen LogP contribution in [0.4, 0.5) is 0 Å². The van der Waals surface area contributed by atoms with Gasteiger partial charge in [-0.2, -0.15) is 0 Å². The van der Waals surface area contributed by atoms with E-state index < -0.39 is 0 Å². The summed E-state index contributed by atoms with van der Waals surface area (Å²) in [6, 6.07) is 0. The fourth-order valence-electron chi connectivity index (χ4n) is 2.47. The highest BCUT2D eigenvalue weighted by atomic mass is 16.7. The van der Waals surface area contributed by atoms with Crippen molar-refractivity contribution >= 4 is 0 Å². The second-order valence-electron chi connectivity index (χ2n) is 4.82. The van der Waals surface area contributed by atoms with Crippen LogP contribution in [0.25, 0.3) is 0 Å². The molecule has 1 spiro atoms. The lowest BCUT2D eigenvalue weighted by molar-refractivity contribution is -0.191. The molecule has 14 heavy (non-hydrogen) atoms. The van der Waals surface area contributed by atoms with Crippen LogP contribution < -0.4 is 0 Å². The summed E-state index contributed by atoms with van der Waals surface area (Å²) in [7, 11) is 0. The molecule has 2 fully saturated rings. The van der Waals surface area contributed by atoms with Gasteiger partial charge in [0, 0.05) is 12.8 Å². The Bertz CT molecular complexity index is 185. The van der Waals surface area contributed by atoms with Gasteiger partial charge in [0.05, 0.1) is 12.7 Å². The SMILES string of the molecule is CCC(C)C1COC2(CCCCC2)O1. The van der Waals surface area contributed by atoms with E-state index in [0.29, 0.717) is 12.0 Å². The Morgan fingerprint density at radius 2 is 2.00 bits per heavy atom. The number of ether oxygens (including phenoxy) is 2. The second-order valence-corrected chi connectivity index (χ2v) is 4.82. The highest BCUT2D eigenvalue weighted by Gasteiger charge is 2.43. The zero-order chi connectivity index (χ0) is 10.0. The Balaban J connectivity index is 1.92. The molecule has 1 aliphatic heterocycles. The van der Waals surface area contributed by atoms with Crippen molar-refractivity contribution < 1.29 is 9.47 Å². The zero-order valence-electron chi connectivity index (χ0n) is 9.42. The van der Waals surface area contributed by atoms with Crippen LogP contribution in [-0.4, -0.2) is 18.5 Å². The summed E-state index contributed by atoms with van der Waals surface area (Å²) in [6.07, 6.45) is 7.64. The van der Waals surface area contributed by atoms with Crippen molar-refractivity contribution in [1.82, 2.24) is 0 Å². The molecule has 2 atom stereocenters. The van der Waals surface area contributed by atoms with Gasteiger partial charge in [0.25, 0.3) is 0 Å². The second kappa shape index (κ2) is 4.19. The van der Waals surface area contributed by atoms with Crippen LogP contribution in [-0.2, 0) is 9.47 Å². The smallest absolute Gasteiger partial charge is 0.168 e. The van der Waals surface area contributed by atoms with Gasteiger partial charge in [-0.05, 0) is 18.8 Å². The summed E-state index contributed by atoms with van der Waals surface area (Å²) < 4.78 is 12.0. The normalized spacial score (nSPS) is 33.4. The van der Waals surface area contributed by atoms with Gasteiger partial charge in [0.2, 0.25) is 0 Å². The first kappa shape index (κ1) is 10.4. The third-order valence-corrected chi connectivity index (χ3v) is 3.77. The fraction of sp³-hybridized carbons (Fsp3) is 1.00. The molecule has 0 radical (unpaired) electrons. The van der Waals surface area contributed by atoms with Crippen molar-refractivity contribution in [2.45, 2.75) is 64.3 Å². The predicted octanol–water partition coefficient (Wildman–Crippen LogP) is 3.11. The van der Waals surface area contributed by atoms with E-state index in [1.54, 1.807) is 0 Å². The van der Waals surface area contributed by atoms with E-state index in [9.17, 15) is 0 Å². The molecule has 2 aliphatic rings. The first-order valence-electron chi connectivity index (χ1n) is 6.07. The average molecular weight is 198 g/mol. The minimum atomic E-state index is -0.174. The molecule has 1 aliphatic carbocycles. The maximum Gasteiger partial charge on any atom is 0.168 e. The van der Waals surface area contributed by atoms with Crippen LogP contribution in [0.2, 0.25) is 0 Å². The Labute approximate surface area is 87.0 Å². The molecule has 2 rings (SSSR count). The zero-order valence-corrected chi connectivity index (χ0v) is 9.42. The molecule has 1 heterocycles. The van der Waals surface area contributed by atoms with Crippen LogP contribution in [0.15, 0.2) is 0 Å². The van der Waals surface area contributed by atoms with Gasteiger partial charge in [0.1, 0.15) is 0 Å². The lowest BCUT2D eigenvalue weighted by Gasteiger charge is -2.32. The van der Waals surface area contributed by atoms with Crippen molar-refractivity contribution in [2.24, 2.45) is 5.92 Å². The Kier molecular flexibility index (Phi) is 3.13. The van der Waals surface area contributed by atoms with Gasteiger partial charge in [-0.15, -0.1) is 0 Å². The first-order chi connectivity index (χ1) is 6.76. The molecule has 0 N–H and O–H groups in total. The molecule has 82 valence electrons. The summed E-state index contributed by atoms with van der Waals surface area (Å²) in [6.45, 7) is 5.30. The van der Waals surface area contributed by atoms with E-state index >= 15 is 0 Å². The number of hydrogen-bond donors (Lipinski definition) is 0. The summed E-state index contributed by atoms with van der Waals surface area (Å²) in [4.78, 5) is 0. The lowest BCUT2D eigenvalue weighted by Crippen LogP contribution is -2.34. The van der Waals surface area contributed by atoms with Crippen LogP contribution >= 0.6 is 0 Å². The van der Waals surface area contributed by atoms with Crippen LogP contribution in [0.1, 0.15) is 52.4 Å². The van der Waals surface area contributed by atoms with Gasteiger partial charge >= 0.3 is 0 Å². The van der Waals surface area contributed by atoms with Crippen LogP contribution in [0.3, 0.4) is 0 Å². The largest absolute Gasteiger partial charge is 0.347 e. The van der Waals surface area contributed by atoms with Gasteiger partial charge in [-0.3, -0.25) is 0 Å². The Hall–Kier alpha value is -0.0800. The molecule has 2 heteroatoms. The van der Waals surface area contributed by atoms with Crippen LogP contribution in [0, 0.1) is 5.92 Å². The van der Waals surface area contributed by atoms with E-state index in [1.807, 2.05) is 0 Å². The van der Waals surface area contributed by atoms with Gasteiger partial charge < -0.3 is 9.47 Å². The molecule has 0 aromatic rings. The number of rotatable bonds is 2. The molecule has 0 aromatic heterocycles. The summed E-state index contributed by atoms with van der Waals surface area (Å²) in [5, 5.41) is 0. The maximum atomic E-state index is 6.12. The molecule has 1 saturated carbocycles. The van der Waals surface area contributed by atoms with Crippen molar-refractivity contribution in [3.05, 3.63) is 0 Å². The van der Waals surface area contributed by atoms with Gasteiger partial charge in [-0.1, -0.05) is 26.7 Å². The summed E-state index contributed by atoms with van der Waals surface area (Å²) in [5.74, 6) is 0.461. The monoisotopic (exact) mass is 198 g/mol. The van der Waals surface area contributed by atoms with Gasteiger partial charge in [-0.25, -0.2) is 0 Å². The molecular formula is C12H22O2. The molecule has 0 amide bonds. The highest BCUT2D eigenvalue weighted by Crippen LogP contribution is 2.39. The Morgan fingerprint density at radius 1 is 1.29 bits per heavy atom. The van der Waals surface area contributed by atoms with Crippen LogP contribution in [0.5, 0.6) is 0 Å². The summed E-state index contributed by atoms with van der Waals surface area (Å²) in [5.41, 5.74) is 0. The van der Waals surface area contributed by atoms with Crippen molar-refractivity contribution in [1.29, 1.82) is 0 Å². The molecule has 1 saturated heterocycles. The van der Waals surface area contributed by atoms with Crippen molar-refractivity contribution in [3.8, 4) is 0 Å². The third-order valence-electron chi connectivity index (χ3n) is 3.77. The third kappa shape index (κ3) is 1.96. The first-order valence-corrected chi connectivity index (χ1v) is 6.07. The maximum absolute atomic E-state index is 6.12. The van der Waals surface area contributed by atoms with E-state index in [4.69, 9.17) is 9.47 Å². The van der Waals surface area contributed by atoms with E-state index in [0.717, 1.165) is 19.4 Å². The quantitative estimate of drug-likeness (QED) is 0.678. The van der Waals surface area contributed by atoms with Gasteiger partial charge in [0.15, 0.2) is 5.79 Å². The molecular weight excluding hydrogens is 176 g/mol. The molecule has 0 bridgehead atoms. The average Bonchev–Trinajstić information content (AvgIpc) is 2.62. The predicted molar refractivity (Wildman–Crippen MR) is 56.1 cm³/mol. The van der Waals surface area contributed by atoms with Crippen molar-refractivity contribution in [2.75, 3.05) is 6.61 Å². The topological polar surface area (TPSA) is 18.5 Å². The summed E-state index contributed by atoms with van der Waals surface area (Å²) >= 11 is 0. The lowest BCUT2D eigenvalue weighted by atomic mass is 9.94. The molecule has 0 aromatic carbocycles. The highest BCUT2D eigenvalue weighted by molar-refractivity contribution is 4.83.